The monoisotopic (exact) mass is 342 g/mol. The van der Waals surface area contributed by atoms with E-state index < -0.39 is 0 Å². The molecule has 3 rings (SSSR count). The van der Waals surface area contributed by atoms with Crippen LogP contribution in [0.2, 0.25) is 5.02 Å². The second-order valence-electron chi connectivity index (χ2n) is 6.37. The lowest BCUT2D eigenvalue weighted by Gasteiger charge is -2.40. The number of benzene rings is 2. The number of aryl methyl sites for hydroxylation is 1. The van der Waals surface area contributed by atoms with Gasteiger partial charge in [-0.25, -0.2) is 0 Å². The minimum Gasteiger partial charge on any atom is -0.333 e. The van der Waals surface area contributed by atoms with Gasteiger partial charge in [0.2, 0.25) is 5.91 Å². The van der Waals surface area contributed by atoms with Gasteiger partial charge in [-0.15, -0.1) is 0 Å². The summed E-state index contributed by atoms with van der Waals surface area (Å²) in [4.78, 5) is 17.2. The number of hydrogen-bond donors (Lipinski definition) is 0. The first kappa shape index (κ1) is 17.0. The Labute approximate surface area is 148 Å². The van der Waals surface area contributed by atoms with Crippen molar-refractivity contribution in [2.75, 3.05) is 26.7 Å². The minimum absolute atomic E-state index is 0.128. The van der Waals surface area contributed by atoms with Gasteiger partial charge < -0.3 is 9.80 Å². The molecule has 126 valence electrons. The average Bonchev–Trinajstić information content (AvgIpc) is 2.61. The fraction of sp³-hybridized carbons (Fsp3) is 0.350. The summed E-state index contributed by atoms with van der Waals surface area (Å²) >= 11 is 6.21. The average molecular weight is 343 g/mol. The van der Waals surface area contributed by atoms with Crippen molar-refractivity contribution in [1.82, 2.24) is 9.80 Å². The van der Waals surface area contributed by atoms with Crippen LogP contribution in [0.15, 0.2) is 54.6 Å². The lowest BCUT2D eigenvalue weighted by atomic mass is 10.0. The van der Waals surface area contributed by atoms with Gasteiger partial charge in [-0.1, -0.05) is 60.1 Å². The molecule has 4 heteroatoms. The summed E-state index contributed by atoms with van der Waals surface area (Å²) in [6.45, 7) is 2.57. The molecular weight excluding hydrogens is 320 g/mol. The Morgan fingerprint density at radius 3 is 2.54 bits per heavy atom. The number of carbonyl (C=O) groups is 1. The zero-order valence-corrected chi connectivity index (χ0v) is 14.7. The zero-order valence-electron chi connectivity index (χ0n) is 14.0. The van der Waals surface area contributed by atoms with Crippen LogP contribution in [0.4, 0.5) is 0 Å². The van der Waals surface area contributed by atoms with E-state index in [9.17, 15) is 4.79 Å². The van der Waals surface area contributed by atoms with Crippen LogP contribution in [0.5, 0.6) is 0 Å². The van der Waals surface area contributed by atoms with E-state index in [-0.39, 0.29) is 11.9 Å². The highest BCUT2D eigenvalue weighted by atomic mass is 35.5. The van der Waals surface area contributed by atoms with Crippen LogP contribution in [-0.2, 0) is 11.2 Å². The third-order valence-corrected chi connectivity index (χ3v) is 5.02. The van der Waals surface area contributed by atoms with Gasteiger partial charge in [-0.05, 0) is 30.7 Å². The predicted molar refractivity (Wildman–Crippen MR) is 98.2 cm³/mol. The van der Waals surface area contributed by atoms with Gasteiger partial charge in [0.25, 0.3) is 0 Å². The van der Waals surface area contributed by atoms with Crippen LogP contribution in [0, 0.1) is 0 Å². The van der Waals surface area contributed by atoms with Crippen molar-refractivity contribution < 1.29 is 4.79 Å². The molecule has 1 heterocycles. The summed E-state index contributed by atoms with van der Waals surface area (Å²) < 4.78 is 0. The summed E-state index contributed by atoms with van der Waals surface area (Å²) in [6, 6.07) is 18.2. The minimum atomic E-state index is 0.128. The van der Waals surface area contributed by atoms with Gasteiger partial charge in [0.05, 0.1) is 6.04 Å². The molecule has 0 aliphatic carbocycles. The highest BCUT2D eigenvalue weighted by Crippen LogP contribution is 2.26. The fourth-order valence-electron chi connectivity index (χ4n) is 3.26. The third-order valence-electron chi connectivity index (χ3n) is 4.65. The first-order valence-corrected chi connectivity index (χ1v) is 8.79. The van der Waals surface area contributed by atoms with E-state index in [2.05, 4.69) is 24.1 Å². The normalized spacial score (nSPS) is 18.6. The lowest BCUT2D eigenvalue weighted by molar-refractivity contribution is -0.136. The Hall–Kier alpha value is -1.84. The molecule has 24 heavy (non-hydrogen) atoms. The van der Waals surface area contributed by atoms with Crippen molar-refractivity contribution in [3.63, 3.8) is 0 Å². The molecule has 1 amide bonds. The molecule has 0 N–H and O–H groups in total. The highest BCUT2D eigenvalue weighted by molar-refractivity contribution is 6.31. The van der Waals surface area contributed by atoms with Crippen molar-refractivity contribution in [2.45, 2.75) is 18.9 Å². The summed E-state index contributed by atoms with van der Waals surface area (Å²) in [5.74, 6) is 0.205. The Kier molecular flexibility index (Phi) is 5.54. The van der Waals surface area contributed by atoms with Crippen molar-refractivity contribution in [3.05, 3.63) is 70.7 Å². The number of rotatable bonds is 4. The van der Waals surface area contributed by atoms with Crippen LogP contribution in [0.1, 0.15) is 23.6 Å². The van der Waals surface area contributed by atoms with Gasteiger partial charge in [-0.2, -0.15) is 0 Å². The number of piperazine rings is 1. The second kappa shape index (κ2) is 7.82. The molecule has 1 saturated heterocycles. The fourth-order valence-corrected chi connectivity index (χ4v) is 3.49. The maximum Gasteiger partial charge on any atom is 0.223 e. The Balaban J connectivity index is 1.71. The third kappa shape index (κ3) is 3.97. The van der Waals surface area contributed by atoms with Gasteiger partial charge in [0.1, 0.15) is 0 Å². The van der Waals surface area contributed by atoms with Gasteiger partial charge in [0.15, 0.2) is 0 Å². The molecule has 0 radical (unpaired) electrons. The van der Waals surface area contributed by atoms with E-state index in [0.717, 1.165) is 30.2 Å². The highest BCUT2D eigenvalue weighted by Gasteiger charge is 2.29. The molecule has 3 nitrogen and oxygen atoms in total. The predicted octanol–water partition coefficient (Wildman–Crippen LogP) is 3.79. The van der Waals surface area contributed by atoms with Crippen LogP contribution < -0.4 is 0 Å². The molecule has 0 aromatic heterocycles. The van der Waals surface area contributed by atoms with Crippen molar-refractivity contribution in [1.29, 1.82) is 0 Å². The summed E-state index contributed by atoms with van der Waals surface area (Å²) in [5, 5.41) is 0.739. The van der Waals surface area contributed by atoms with Crippen LogP contribution in [0.3, 0.4) is 0 Å². The molecular formula is C20H23ClN2O. The van der Waals surface area contributed by atoms with Crippen LogP contribution in [-0.4, -0.2) is 42.4 Å². The molecule has 1 aliphatic heterocycles. The molecule has 2 aromatic carbocycles. The Morgan fingerprint density at radius 1 is 1.08 bits per heavy atom. The van der Waals surface area contributed by atoms with E-state index in [1.54, 1.807) is 0 Å². The largest absolute Gasteiger partial charge is 0.333 e. The molecule has 1 atom stereocenters. The maximum atomic E-state index is 12.8. The molecule has 0 spiro atoms. The molecule has 1 aliphatic rings. The van der Waals surface area contributed by atoms with E-state index in [1.807, 2.05) is 47.4 Å². The SMILES string of the molecule is CN1CCN(C(=O)CCc2ccccc2Cl)[C@@H](c2ccccc2)C1. The lowest BCUT2D eigenvalue weighted by Crippen LogP contribution is -2.49. The maximum absolute atomic E-state index is 12.8. The van der Waals surface area contributed by atoms with Crippen LogP contribution >= 0.6 is 11.6 Å². The Morgan fingerprint density at radius 2 is 1.79 bits per heavy atom. The first-order valence-electron chi connectivity index (χ1n) is 8.41. The smallest absolute Gasteiger partial charge is 0.223 e. The van der Waals surface area contributed by atoms with Gasteiger partial charge in [0, 0.05) is 31.1 Å². The zero-order chi connectivity index (χ0) is 16.9. The summed E-state index contributed by atoms with van der Waals surface area (Å²) in [7, 11) is 2.11. The molecule has 2 aromatic rings. The van der Waals surface area contributed by atoms with E-state index in [4.69, 9.17) is 11.6 Å². The number of amides is 1. The number of likely N-dealkylation sites (N-methyl/N-ethyl adjacent to an activating group) is 1. The van der Waals surface area contributed by atoms with Crippen molar-refractivity contribution in [2.24, 2.45) is 0 Å². The van der Waals surface area contributed by atoms with E-state index >= 15 is 0 Å². The van der Waals surface area contributed by atoms with E-state index in [0.29, 0.717) is 12.8 Å². The first-order chi connectivity index (χ1) is 11.6. The van der Waals surface area contributed by atoms with E-state index in [1.165, 1.54) is 5.56 Å². The van der Waals surface area contributed by atoms with Crippen molar-refractivity contribution >= 4 is 17.5 Å². The molecule has 0 unspecified atom stereocenters. The molecule has 0 saturated carbocycles. The summed E-state index contributed by atoms with van der Waals surface area (Å²) in [5.41, 5.74) is 2.24. The Bertz CT molecular complexity index is 689. The molecule has 0 bridgehead atoms. The van der Waals surface area contributed by atoms with Crippen LogP contribution in [0.25, 0.3) is 0 Å². The topological polar surface area (TPSA) is 23.6 Å². The quantitative estimate of drug-likeness (QED) is 0.844. The number of carbonyl (C=O) groups excluding carboxylic acids is 1. The second-order valence-corrected chi connectivity index (χ2v) is 6.77. The molecule has 1 fully saturated rings. The number of hydrogen-bond acceptors (Lipinski definition) is 2. The van der Waals surface area contributed by atoms with Crippen molar-refractivity contribution in [3.8, 4) is 0 Å². The standard InChI is InChI=1S/C20H23ClN2O/c1-22-13-14-23(19(15-22)17-8-3-2-4-9-17)20(24)12-11-16-7-5-6-10-18(16)21/h2-10,19H,11-15H2,1H3/t19-/m1/s1. The van der Waals surface area contributed by atoms with Gasteiger partial charge in [-0.3, -0.25) is 4.79 Å². The van der Waals surface area contributed by atoms with Gasteiger partial charge >= 0.3 is 0 Å². The number of halogens is 1. The number of nitrogens with zero attached hydrogens (tertiary/aromatic N) is 2. The summed E-state index contributed by atoms with van der Waals surface area (Å²) in [6.07, 6.45) is 1.18.